The number of methoxy groups -OCH3 is 1. The van der Waals surface area contributed by atoms with Crippen molar-refractivity contribution in [2.45, 2.75) is 25.3 Å². The van der Waals surface area contributed by atoms with Crippen LogP contribution in [0.3, 0.4) is 0 Å². The molecule has 4 aromatic heterocycles. The number of halogens is 2. The number of aromatic amines is 1. The summed E-state index contributed by atoms with van der Waals surface area (Å²) < 4.78 is 35.8. The molecule has 1 atom stereocenters. The van der Waals surface area contributed by atoms with Crippen LogP contribution in [0.15, 0.2) is 31.0 Å². The molecule has 2 N–H and O–H groups in total. The van der Waals surface area contributed by atoms with Crippen molar-refractivity contribution in [1.29, 1.82) is 0 Å². The molecule has 166 valence electrons. The minimum absolute atomic E-state index is 0.0410. The molecule has 0 amide bonds. The van der Waals surface area contributed by atoms with E-state index in [0.29, 0.717) is 47.7 Å². The molecule has 0 radical (unpaired) electrons. The molecule has 5 heterocycles. The van der Waals surface area contributed by atoms with Gasteiger partial charge in [0.2, 0.25) is 5.88 Å². The highest BCUT2D eigenvalue weighted by Crippen LogP contribution is 2.40. The molecule has 1 fully saturated rings. The highest BCUT2D eigenvalue weighted by molar-refractivity contribution is 5.77. The van der Waals surface area contributed by atoms with E-state index in [-0.39, 0.29) is 18.5 Å². The van der Waals surface area contributed by atoms with Crippen LogP contribution in [0.1, 0.15) is 30.1 Å². The van der Waals surface area contributed by atoms with Crippen LogP contribution >= 0.6 is 0 Å². The number of aliphatic hydroxyl groups is 1. The molecule has 4 aromatic rings. The molecule has 32 heavy (non-hydrogen) atoms. The third kappa shape index (κ3) is 3.34. The number of nitrogens with zero attached hydrogens (tertiary/aromatic N) is 6. The minimum atomic E-state index is -0.542. The molecule has 1 saturated heterocycles. The summed E-state index contributed by atoms with van der Waals surface area (Å²) in [5.74, 6) is -0.572. The van der Waals surface area contributed by atoms with E-state index >= 15 is 4.39 Å². The van der Waals surface area contributed by atoms with E-state index in [4.69, 9.17) is 4.74 Å². The average molecular weight is 441 g/mol. The zero-order valence-electron chi connectivity index (χ0n) is 17.3. The Morgan fingerprint density at radius 2 is 2.16 bits per heavy atom. The predicted molar refractivity (Wildman–Crippen MR) is 111 cm³/mol. The van der Waals surface area contributed by atoms with Gasteiger partial charge in [0.05, 0.1) is 49.3 Å². The van der Waals surface area contributed by atoms with Crippen molar-refractivity contribution in [3.05, 3.63) is 53.9 Å². The predicted octanol–water partition coefficient (Wildman–Crippen LogP) is 2.68. The number of ether oxygens (including phenoxy) is 1. The smallest absolute Gasteiger partial charge is 0.218 e. The summed E-state index contributed by atoms with van der Waals surface area (Å²) in [5, 5.41) is 13.5. The largest absolute Gasteiger partial charge is 0.481 e. The Morgan fingerprint density at radius 3 is 2.97 bits per heavy atom. The van der Waals surface area contributed by atoms with Crippen molar-refractivity contribution in [3.8, 4) is 17.1 Å². The quantitative estimate of drug-likeness (QED) is 0.474. The molecule has 0 bridgehead atoms. The maximum atomic E-state index is 15.1. The zero-order chi connectivity index (χ0) is 22.2. The Balaban J connectivity index is 1.60. The Kier molecular flexibility index (Phi) is 5.17. The van der Waals surface area contributed by atoms with E-state index in [0.717, 1.165) is 18.3 Å². The number of aliphatic hydroxyl groups excluding tert-OH is 1. The lowest BCUT2D eigenvalue weighted by molar-refractivity contribution is 0.298. The van der Waals surface area contributed by atoms with Gasteiger partial charge < -0.3 is 19.7 Å². The molecule has 0 aromatic carbocycles. The first-order valence-electron chi connectivity index (χ1n) is 10.2. The first-order valence-corrected chi connectivity index (χ1v) is 10.2. The third-order valence-electron chi connectivity index (χ3n) is 5.69. The average Bonchev–Trinajstić information content (AvgIpc) is 3.52. The number of pyridine rings is 1. The molecule has 0 spiro atoms. The van der Waals surface area contributed by atoms with Crippen LogP contribution in [-0.2, 0) is 6.42 Å². The van der Waals surface area contributed by atoms with Gasteiger partial charge in [-0.2, -0.15) is 5.10 Å². The van der Waals surface area contributed by atoms with Crippen LogP contribution in [0.2, 0.25) is 0 Å². The fourth-order valence-electron chi connectivity index (χ4n) is 4.30. The van der Waals surface area contributed by atoms with Crippen LogP contribution in [-0.4, -0.2) is 54.9 Å². The van der Waals surface area contributed by atoms with Crippen molar-refractivity contribution in [1.82, 2.24) is 29.5 Å². The second kappa shape index (κ2) is 8.15. The van der Waals surface area contributed by atoms with Gasteiger partial charge in [0, 0.05) is 30.8 Å². The number of anilines is 1. The summed E-state index contributed by atoms with van der Waals surface area (Å²) in [6.07, 6.45) is 7.33. The Morgan fingerprint density at radius 1 is 1.28 bits per heavy atom. The number of rotatable bonds is 6. The van der Waals surface area contributed by atoms with E-state index in [1.165, 1.54) is 30.2 Å². The first-order chi connectivity index (χ1) is 15.6. The minimum Gasteiger partial charge on any atom is -0.481 e. The van der Waals surface area contributed by atoms with Gasteiger partial charge in [-0.15, -0.1) is 0 Å². The lowest BCUT2D eigenvalue weighted by atomic mass is 10.1. The summed E-state index contributed by atoms with van der Waals surface area (Å²) in [5.41, 5.74) is 2.95. The van der Waals surface area contributed by atoms with Gasteiger partial charge in [0.25, 0.3) is 0 Å². The number of aromatic nitrogens is 6. The van der Waals surface area contributed by atoms with Crippen molar-refractivity contribution in [2.75, 3.05) is 25.2 Å². The molecule has 9 nitrogen and oxygen atoms in total. The molecule has 0 aliphatic carbocycles. The maximum Gasteiger partial charge on any atom is 0.218 e. The molecule has 1 aliphatic rings. The highest BCUT2D eigenvalue weighted by atomic mass is 19.1. The van der Waals surface area contributed by atoms with Crippen LogP contribution in [0, 0.1) is 11.6 Å². The fourth-order valence-corrected chi connectivity index (χ4v) is 4.30. The van der Waals surface area contributed by atoms with E-state index in [1.807, 2.05) is 4.90 Å². The molecular formula is C21H21F2N7O2. The van der Waals surface area contributed by atoms with E-state index in [9.17, 15) is 9.50 Å². The summed E-state index contributed by atoms with van der Waals surface area (Å²) >= 11 is 0. The highest BCUT2D eigenvalue weighted by Gasteiger charge is 2.33. The fraction of sp³-hybridized carbons (Fsp3) is 0.333. The lowest BCUT2D eigenvalue weighted by Gasteiger charge is -2.27. The topological polar surface area (TPSA) is 104 Å². The number of imidazole rings is 1. The van der Waals surface area contributed by atoms with E-state index < -0.39 is 11.6 Å². The summed E-state index contributed by atoms with van der Waals surface area (Å²) in [7, 11) is 1.47. The van der Waals surface area contributed by atoms with Gasteiger partial charge in [0.1, 0.15) is 5.82 Å². The zero-order valence-corrected chi connectivity index (χ0v) is 17.3. The normalized spacial score (nSPS) is 16.2. The molecule has 1 aliphatic heterocycles. The second-order valence-electron chi connectivity index (χ2n) is 7.55. The van der Waals surface area contributed by atoms with Crippen LogP contribution < -0.4 is 9.64 Å². The maximum absolute atomic E-state index is 15.1. The van der Waals surface area contributed by atoms with Crippen molar-refractivity contribution in [2.24, 2.45) is 0 Å². The molecule has 11 heteroatoms. The first kappa shape index (κ1) is 20.3. The van der Waals surface area contributed by atoms with Crippen LogP contribution in [0.25, 0.3) is 16.9 Å². The molecular weight excluding hydrogens is 420 g/mol. The van der Waals surface area contributed by atoms with Crippen LogP contribution in [0.4, 0.5) is 14.6 Å². The van der Waals surface area contributed by atoms with Crippen molar-refractivity contribution < 1.29 is 18.6 Å². The Labute approximate surface area is 181 Å². The summed E-state index contributed by atoms with van der Waals surface area (Å²) in [4.78, 5) is 17.8. The summed E-state index contributed by atoms with van der Waals surface area (Å²) in [6, 6.07) is 1.04. The van der Waals surface area contributed by atoms with Gasteiger partial charge in [-0.3, -0.25) is 0 Å². The number of hydrogen-bond donors (Lipinski definition) is 2. The van der Waals surface area contributed by atoms with Gasteiger partial charge >= 0.3 is 0 Å². The SMILES string of the molecule is COc1ncc(F)cc1[C@H]1CCCN1c1nc2c(-c3nc[nH]c3CCO)cnn2cc1F. The van der Waals surface area contributed by atoms with Gasteiger partial charge in [0.15, 0.2) is 17.3 Å². The van der Waals surface area contributed by atoms with Gasteiger partial charge in [-0.25, -0.2) is 28.2 Å². The van der Waals surface area contributed by atoms with E-state index in [2.05, 4.69) is 25.0 Å². The lowest BCUT2D eigenvalue weighted by Crippen LogP contribution is -2.26. The van der Waals surface area contributed by atoms with Gasteiger partial charge in [-0.1, -0.05) is 0 Å². The summed E-state index contributed by atoms with van der Waals surface area (Å²) in [6.45, 7) is 0.507. The van der Waals surface area contributed by atoms with Crippen LogP contribution in [0.5, 0.6) is 5.88 Å². The molecule has 0 unspecified atom stereocenters. The van der Waals surface area contributed by atoms with Crippen molar-refractivity contribution >= 4 is 11.5 Å². The van der Waals surface area contributed by atoms with Gasteiger partial charge in [-0.05, 0) is 18.9 Å². The standard InChI is InChI=1S/C21H21F2N7O2/c1-32-21-13(7-12(22)8-24-21)17-3-2-5-29(17)20-15(23)10-30-19(28-20)14(9-27-30)18-16(4-6-31)25-11-26-18/h7-11,17,31H,2-6H2,1H3,(H,25,26)/t17-/m1/s1. The molecule has 5 rings (SSSR count). The number of H-pyrrole nitrogens is 1. The third-order valence-corrected chi connectivity index (χ3v) is 5.69. The van der Waals surface area contributed by atoms with Crippen molar-refractivity contribution in [3.63, 3.8) is 0 Å². The number of hydrogen-bond acceptors (Lipinski definition) is 7. The monoisotopic (exact) mass is 441 g/mol. The number of fused-ring (bicyclic) bond motifs is 1. The molecule has 0 saturated carbocycles. The Hall–Kier alpha value is -3.60. The van der Waals surface area contributed by atoms with E-state index in [1.54, 1.807) is 6.20 Å². The number of nitrogens with one attached hydrogen (secondary N) is 1. The Bertz CT molecular complexity index is 1270. The second-order valence-corrected chi connectivity index (χ2v) is 7.55.